The van der Waals surface area contributed by atoms with Crippen LogP contribution < -0.4 is 10.6 Å². The maximum Gasteiger partial charge on any atom is 0.239 e. The van der Waals surface area contributed by atoms with E-state index in [4.69, 9.17) is 5.73 Å². The first-order chi connectivity index (χ1) is 8.22. The number of carbonyl (C=O) groups excluding carboxylic acids is 1. The molecule has 7 heteroatoms. The number of halogens is 2. The van der Waals surface area contributed by atoms with Crippen LogP contribution in [0.3, 0.4) is 0 Å². The Morgan fingerprint density at radius 2 is 2.00 bits per heavy atom. The van der Waals surface area contributed by atoms with Gasteiger partial charge in [0.05, 0.1) is 11.0 Å². The molecule has 1 fully saturated rings. The molecular formula is C12H21Cl2N3OS. The second kappa shape index (κ2) is 8.64. The third-order valence-corrected chi connectivity index (χ3v) is 4.10. The summed E-state index contributed by atoms with van der Waals surface area (Å²) < 4.78 is 0. The Kier molecular flexibility index (Phi) is 8.41. The van der Waals surface area contributed by atoms with Gasteiger partial charge in [-0.05, 0) is 23.9 Å². The molecule has 1 atom stereocenters. The molecule has 1 aromatic heterocycles. The number of hydrogen-bond donors (Lipinski definition) is 1. The molecule has 1 aliphatic heterocycles. The van der Waals surface area contributed by atoms with Crippen LogP contribution in [0.4, 0.5) is 5.00 Å². The molecule has 2 N–H and O–H groups in total. The molecule has 2 rings (SSSR count). The first-order valence-corrected chi connectivity index (χ1v) is 6.93. The maximum atomic E-state index is 11.9. The maximum absolute atomic E-state index is 11.9. The van der Waals surface area contributed by atoms with Gasteiger partial charge in [-0.25, -0.2) is 0 Å². The lowest BCUT2D eigenvalue weighted by Gasteiger charge is -2.36. The van der Waals surface area contributed by atoms with Crippen molar-refractivity contribution in [3.63, 3.8) is 0 Å². The van der Waals surface area contributed by atoms with Crippen molar-refractivity contribution in [2.24, 2.45) is 5.73 Å². The van der Waals surface area contributed by atoms with Crippen LogP contribution in [0.1, 0.15) is 13.3 Å². The third kappa shape index (κ3) is 4.53. The van der Waals surface area contributed by atoms with Gasteiger partial charge < -0.3 is 15.5 Å². The van der Waals surface area contributed by atoms with Gasteiger partial charge in [-0.3, -0.25) is 4.79 Å². The average Bonchev–Trinajstić information content (AvgIpc) is 2.91. The van der Waals surface area contributed by atoms with Crippen LogP contribution in [0.25, 0.3) is 0 Å². The molecule has 0 spiro atoms. The number of rotatable bonds is 3. The minimum absolute atomic E-state index is 0. The van der Waals surface area contributed by atoms with Crippen LogP contribution in [0.2, 0.25) is 0 Å². The zero-order valence-corrected chi connectivity index (χ0v) is 13.4. The van der Waals surface area contributed by atoms with E-state index in [0.717, 1.165) is 26.2 Å². The SMILES string of the molecule is CC[C@H](N)C(=O)N1CCN(c2cccs2)CC1.Cl.Cl. The van der Waals surface area contributed by atoms with E-state index in [1.165, 1.54) is 5.00 Å². The van der Waals surface area contributed by atoms with Gasteiger partial charge in [0.2, 0.25) is 5.91 Å². The molecule has 0 saturated carbocycles. The highest BCUT2D eigenvalue weighted by molar-refractivity contribution is 7.14. The zero-order valence-electron chi connectivity index (χ0n) is 10.9. The molecule has 0 radical (unpaired) electrons. The Morgan fingerprint density at radius 3 is 2.47 bits per heavy atom. The second-order valence-corrected chi connectivity index (χ2v) is 5.20. The van der Waals surface area contributed by atoms with Crippen LogP contribution in [0.5, 0.6) is 0 Å². The smallest absolute Gasteiger partial charge is 0.239 e. The molecular weight excluding hydrogens is 305 g/mol. The lowest BCUT2D eigenvalue weighted by atomic mass is 10.2. The predicted molar refractivity (Wildman–Crippen MR) is 85.9 cm³/mol. The number of piperazine rings is 1. The Bertz CT molecular complexity index is 367. The zero-order chi connectivity index (χ0) is 12.3. The Balaban J connectivity index is 0.00000162. The van der Waals surface area contributed by atoms with E-state index in [-0.39, 0.29) is 36.8 Å². The van der Waals surface area contributed by atoms with E-state index in [1.807, 2.05) is 11.8 Å². The molecule has 0 unspecified atom stereocenters. The number of carbonyl (C=O) groups is 1. The van der Waals surface area contributed by atoms with E-state index in [0.29, 0.717) is 6.42 Å². The molecule has 1 aliphatic rings. The Labute approximate surface area is 130 Å². The van der Waals surface area contributed by atoms with Gasteiger partial charge in [-0.1, -0.05) is 6.92 Å². The topological polar surface area (TPSA) is 49.6 Å². The van der Waals surface area contributed by atoms with Gasteiger partial charge in [-0.2, -0.15) is 0 Å². The Hall–Kier alpha value is -0.490. The predicted octanol–water partition coefficient (Wildman–Crippen LogP) is 1.98. The average molecular weight is 326 g/mol. The van der Waals surface area contributed by atoms with E-state index >= 15 is 0 Å². The van der Waals surface area contributed by atoms with Crippen molar-refractivity contribution in [2.45, 2.75) is 19.4 Å². The lowest BCUT2D eigenvalue weighted by molar-refractivity contribution is -0.132. The van der Waals surface area contributed by atoms with Crippen molar-refractivity contribution >= 4 is 47.1 Å². The van der Waals surface area contributed by atoms with Crippen LogP contribution in [0.15, 0.2) is 17.5 Å². The van der Waals surface area contributed by atoms with Crippen LogP contribution in [0, 0.1) is 0 Å². The fraction of sp³-hybridized carbons (Fsp3) is 0.583. The standard InChI is InChI=1S/C12H19N3OS.2ClH/c1-2-10(13)12(16)15-7-5-14(6-8-15)11-4-3-9-17-11;;/h3-4,9-10H,2,5-8,13H2,1H3;2*1H/t10-;;/m0../s1. The van der Waals surface area contributed by atoms with Crippen molar-refractivity contribution in [1.29, 1.82) is 0 Å². The fourth-order valence-corrected chi connectivity index (χ4v) is 2.79. The van der Waals surface area contributed by atoms with Crippen molar-refractivity contribution in [3.8, 4) is 0 Å². The third-order valence-electron chi connectivity index (χ3n) is 3.17. The minimum atomic E-state index is -0.330. The highest BCUT2D eigenvalue weighted by atomic mass is 35.5. The summed E-state index contributed by atoms with van der Waals surface area (Å²) in [7, 11) is 0. The summed E-state index contributed by atoms with van der Waals surface area (Å²) in [6.45, 7) is 5.32. The molecule has 1 aromatic rings. The molecule has 1 saturated heterocycles. The highest BCUT2D eigenvalue weighted by Gasteiger charge is 2.24. The van der Waals surface area contributed by atoms with Gasteiger partial charge >= 0.3 is 0 Å². The summed E-state index contributed by atoms with van der Waals surface area (Å²) in [4.78, 5) is 16.1. The van der Waals surface area contributed by atoms with Crippen molar-refractivity contribution < 1.29 is 4.79 Å². The molecule has 110 valence electrons. The van der Waals surface area contributed by atoms with E-state index < -0.39 is 0 Å². The van der Waals surface area contributed by atoms with E-state index in [2.05, 4.69) is 22.4 Å². The number of hydrogen-bond acceptors (Lipinski definition) is 4. The van der Waals surface area contributed by atoms with Gasteiger partial charge in [-0.15, -0.1) is 36.2 Å². The Morgan fingerprint density at radius 1 is 1.37 bits per heavy atom. The molecule has 4 nitrogen and oxygen atoms in total. The van der Waals surface area contributed by atoms with E-state index in [1.54, 1.807) is 11.3 Å². The number of thiophene rings is 1. The number of nitrogens with two attached hydrogens (primary N) is 1. The summed E-state index contributed by atoms with van der Waals surface area (Å²) in [5.74, 6) is 0.0957. The fourth-order valence-electron chi connectivity index (χ4n) is 2.01. The van der Waals surface area contributed by atoms with Crippen LogP contribution in [-0.4, -0.2) is 43.0 Å². The molecule has 1 amide bonds. The quantitative estimate of drug-likeness (QED) is 0.924. The number of amides is 1. The lowest BCUT2D eigenvalue weighted by Crippen LogP contribution is -2.53. The second-order valence-electron chi connectivity index (χ2n) is 4.28. The van der Waals surface area contributed by atoms with Crippen LogP contribution in [-0.2, 0) is 4.79 Å². The molecule has 19 heavy (non-hydrogen) atoms. The number of anilines is 1. The highest BCUT2D eigenvalue weighted by Crippen LogP contribution is 2.22. The van der Waals surface area contributed by atoms with Gasteiger partial charge in [0, 0.05) is 26.2 Å². The molecule has 0 bridgehead atoms. The van der Waals surface area contributed by atoms with Gasteiger partial charge in [0.1, 0.15) is 0 Å². The minimum Gasteiger partial charge on any atom is -0.360 e. The largest absolute Gasteiger partial charge is 0.360 e. The van der Waals surface area contributed by atoms with Crippen molar-refractivity contribution in [1.82, 2.24) is 4.90 Å². The first-order valence-electron chi connectivity index (χ1n) is 6.05. The van der Waals surface area contributed by atoms with Crippen molar-refractivity contribution in [2.75, 3.05) is 31.1 Å². The normalized spacial score (nSPS) is 16.3. The van der Waals surface area contributed by atoms with Gasteiger partial charge in [0.15, 0.2) is 0 Å². The molecule has 2 heterocycles. The van der Waals surface area contributed by atoms with E-state index in [9.17, 15) is 4.79 Å². The summed E-state index contributed by atoms with van der Waals surface area (Å²) in [5.41, 5.74) is 5.77. The monoisotopic (exact) mass is 325 g/mol. The summed E-state index contributed by atoms with van der Waals surface area (Å²) in [5, 5.41) is 3.37. The summed E-state index contributed by atoms with van der Waals surface area (Å²) >= 11 is 1.75. The number of nitrogens with zero attached hydrogens (tertiary/aromatic N) is 2. The van der Waals surface area contributed by atoms with Crippen molar-refractivity contribution in [3.05, 3.63) is 17.5 Å². The van der Waals surface area contributed by atoms with Crippen LogP contribution >= 0.6 is 36.2 Å². The summed E-state index contributed by atoms with van der Waals surface area (Å²) in [6, 6.07) is 3.85. The molecule has 0 aliphatic carbocycles. The summed E-state index contributed by atoms with van der Waals surface area (Å²) in [6.07, 6.45) is 0.712. The van der Waals surface area contributed by atoms with Gasteiger partial charge in [0.25, 0.3) is 0 Å². The molecule has 0 aromatic carbocycles. The first kappa shape index (κ1) is 18.5.